The van der Waals surface area contributed by atoms with E-state index in [9.17, 15) is 8.78 Å². The molecule has 0 aliphatic carbocycles. The van der Waals surface area contributed by atoms with Crippen LogP contribution in [-0.4, -0.2) is 36.7 Å². The number of nitrogens with zero attached hydrogens (tertiary/aromatic N) is 1. The molecular weight excluding hydrogens is 272 g/mol. The van der Waals surface area contributed by atoms with Gasteiger partial charge in [0.15, 0.2) is 11.6 Å². The van der Waals surface area contributed by atoms with E-state index in [1.54, 1.807) is 0 Å². The van der Waals surface area contributed by atoms with Crippen LogP contribution in [0.25, 0.3) is 0 Å². The lowest BCUT2D eigenvalue weighted by Gasteiger charge is -2.36. The van der Waals surface area contributed by atoms with E-state index in [0.29, 0.717) is 12.1 Å². The van der Waals surface area contributed by atoms with Crippen LogP contribution in [0.4, 0.5) is 8.78 Å². The summed E-state index contributed by atoms with van der Waals surface area (Å²) in [6.07, 6.45) is 0.329. The van der Waals surface area contributed by atoms with Crippen LogP contribution in [-0.2, 0) is 4.74 Å². The third kappa shape index (κ3) is 3.88. The molecular formula is C14H18ClF2NO. The lowest BCUT2D eigenvalue weighted by molar-refractivity contribution is -0.0678. The van der Waals surface area contributed by atoms with Crippen LogP contribution in [0, 0.1) is 11.6 Å². The molecule has 1 aromatic carbocycles. The monoisotopic (exact) mass is 289 g/mol. The van der Waals surface area contributed by atoms with Gasteiger partial charge in [0.05, 0.1) is 17.6 Å². The molecule has 2 nitrogen and oxygen atoms in total. The minimum atomic E-state index is -0.855. The van der Waals surface area contributed by atoms with Gasteiger partial charge < -0.3 is 4.74 Å². The van der Waals surface area contributed by atoms with E-state index >= 15 is 0 Å². The second-order valence-electron chi connectivity index (χ2n) is 5.12. The Bertz CT molecular complexity index is 433. The zero-order valence-corrected chi connectivity index (χ0v) is 11.8. The fourth-order valence-corrected chi connectivity index (χ4v) is 2.80. The summed E-state index contributed by atoms with van der Waals surface area (Å²) < 4.78 is 31.7. The maximum Gasteiger partial charge on any atom is 0.159 e. The molecule has 19 heavy (non-hydrogen) atoms. The number of alkyl halides is 1. The fraction of sp³-hybridized carbons (Fsp3) is 0.571. The van der Waals surface area contributed by atoms with Crippen molar-refractivity contribution in [1.82, 2.24) is 4.90 Å². The van der Waals surface area contributed by atoms with E-state index in [1.165, 1.54) is 12.1 Å². The van der Waals surface area contributed by atoms with Crippen molar-refractivity contribution in [2.75, 3.05) is 19.6 Å². The topological polar surface area (TPSA) is 12.5 Å². The van der Waals surface area contributed by atoms with Gasteiger partial charge in [-0.25, -0.2) is 8.78 Å². The van der Waals surface area contributed by atoms with Crippen LogP contribution in [0.15, 0.2) is 18.2 Å². The molecule has 0 spiro atoms. The highest BCUT2D eigenvalue weighted by Crippen LogP contribution is 2.24. The van der Waals surface area contributed by atoms with Crippen molar-refractivity contribution in [3.8, 4) is 0 Å². The van der Waals surface area contributed by atoms with Crippen LogP contribution >= 0.6 is 11.6 Å². The quantitative estimate of drug-likeness (QED) is 0.791. The Morgan fingerprint density at radius 3 is 2.47 bits per heavy atom. The summed E-state index contributed by atoms with van der Waals surface area (Å²) in [6.45, 7) is 6.24. The summed E-state index contributed by atoms with van der Waals surface area (Å²) in [7, 11) is 0. The van der Waals surface area contributed by atoms with Crippen LogP contribution in [0.5, 0.6) is 0 Å². The maximum absolute atomic E-state index is 13.2. The van der Waals surface area contributed by atoms with Crippen molar-refractivity contribution < 1.29 is 13.5 Å². The van der Waals surface area contributed by atoms with Gasteiger partial charge in [0, 0.05) is 19.6 Å². The Hall–Kier alpha value is -0.710. The lowest BCUT2D eigenvalue weighted by atomic mass is 10.1. The van der Waals surface area contributed by atoms with Gasteiger partial charge in [0.25, 0.3) is 0 Å². The van der Waals surface area contributed by atoms with E-state index < -0.39 is 11.6 Å². The summed E-state index contributed by atoms with van der Waals surface area (Å²) >= 11 is 6.29. The van der Waals surface area contributed by atoms with Crippen LogP contribution in [0.3, 0.4) is 0 Å². The highest BCUT2D eigenvalue weighted by molar-refractivity contribution is 6.21. The fourth-order valence-electron chi connectivity index (χ4n) is 2.47. The van der Waals surface area contributed by atoms with Crippen LogP contribution < -0.4 is 0 Å². The van der Waals surface area contributed by atoms with Crippen molar-refractivity contribution in [2.45, 2.75) is 31.4 Å². The molecule has 1 fully saturated rings. The molecule has 0 saturated carbocycles. The van der Waals surface area contributed by atoms with E-state index in [-0.39, 0.29) is 17.6 Å². The second kappa shape index (κ2) is 6.16. The Balaban J connectivity index is 2.00. The highest BCUT2D eigenvalue weighted by atomic mass is 35.5. The highest BCUT2D eigenvalue weighted by Gasteiger charge is 2.24. The van der Waals surface area contributed by atoms with E-state index in [4.69, 9.17) is 16.3 Å². The standard InChI is InChI=1S/C14H18ClF2NO/c1-9-6-18(7-10(2)19-9)8-12(15)11-3-4-13(16)14(17)5-11/h3-5,9-10,12H,6-8H2,1-2H3. The zero-order chi connectivity index (χ0) is 14.0. The maximum atomic E-state index is 13.2. The molecule has 1 saturated heterocycles. The molecule has 1 aliphatic heterocycles. The summed E-state index contributed by atoms with van der Waals surface area (Å²) in [5.74, 6) is -1.70. The van der Waals surface area contributed by atoms with Gasteiger partial charge in [0.2, 0.25) is 0 Å². The molecule has 106 valence electrons. The van der Waals surface area contributed by atoms with Gasteiger partial charge in [0.1, 0.15) is 0 Å². The van der Waals surface area contributed by atoms with Crippen molar-refractivity contribution in [1.29, 1.82) is 0 Å². The molecule has 1 heterocycles. The van der Waals surface area contributed by atoms with Crippen molar-refractivity contribution in [3.05, 3.63) is 35.4 Å². The van der Waals surface area contributed by atoms with Gasteiger partial charge >= 0.3 is 0 Å². The number of ether oxygens (including phenoxy) is 1. The molecule has 0 N–H and O–H groups in total. The lowest BCUT2D eigenvalue weighted by Crippen LogP contribution is -2.46. The third-order valence-corrected chi connectivity index (χ3v) is 3.61. The second-order valence-corrected chi connectivity index (χ2v) is 5.64. The largest absolute Gasteiger partial charge is 0.373 e. The van der Waals surface area contributed by atoms with Gasteiger partial charge in [-0.3, -0.25) is 4.90 Å². The summed E-state index contributed by atoms with van der Waals surface area (Å²) in [4.78, 5) is 2.19. The average molecular weight is 290 g/mol. The Morgan fingerprint density at radius 1 is 1.26 bits per heavy atom. The smallest absolute Gasteiger partial charge is 0.159 e. The minimum absolute atomic E-state index is 0.164. The molecule has 3 atom stereocenters. The van der Waals surface area contributed by atoms with Crippen LogP contribution in [0.1, 0.15) is 24.8 Å². The first-order valence-corrected chi connectivity index (χ1v) is 6.86. The molecule has 0 radical (unpaired) electrons. The number of halogens is 3. The predicted molar refractivity (Wildman–Crippen MR) is 71.4 cm³/mol. The summed E-state index contributed by atoms with van der Waals surface area (Å²) in [5, 5.41) is -0.354. The molecule has 3 unspecified atom stereocenters. The number of morpholine rings is 1. The Morgan fingerprint density at radius 2 is 1.89 bits per heavy atom. The normalized spacial score (nSPS) is 26.4. The summed E-state index contributed by atoms with van der Waals surface area (Å²) in [5.41, 5.74) is 0.604. The zero-order valence-electron chi connectivity index (χ0n) is 11.1. The van der Waals surface area contributed by atoms with Gasteiger partial charge in [-0.1, -0.05) is 6.07 Å². The Labute approximate surface area is 117 Å². The van der Waals surface area contributed by atoms with Crippen molar-refractivity contribution in [3.63, 3.8) is 0 Å². The number of rotatable bonds is 3. The SMILES string of the molecule is CC1CN(CC(Cl)c2ccc(F)c(F)c2)CC(C)O1. The molecule has 0 bridgehead atoms. The molecule has 2 rings (SSSR count). The number of hydrogen-bond acceptors (Lipinski definition) is 2. The van der Waals surface area contributed by atoms with Gasteiger partial charge in [-0.15, -0.1) is 11.6 Å². The van der Waals surface area contributed by atoms with Crippen molar-refractivity contribution >= 4 is 11.6 Å². The molecule has 5 heteroatoms. The van der Waals surface area contributed by atoms with Crippen molar-refractivity contribution in [2.24, 2.45) is 0 Å². The first kappa shape index (κ1) is 14.7. The van der Waals surface area contributed by atoms with E-state index in [0.717, 1.165) is 19.2 Å². The first-order valence-electron chi connectivity index (χ1n) is 6.42. The van der Waals surface area contributed by atoms with Crippen LogP contribution in [0.2, 0.25) is 0 Å². The van der Waals surface area contributed by atoms with E-state index in [1.807, 2.05) is 13.8 Å². The Kier molecular flexibility index (Phi) is 4.76. The number of benzene rings is 1. The predicted octanol–water partition coefficient (Wildman–Crippen LogP) is 3.35. The minimum Gasteiger partial charge on any atom is -0.373 e. The molecule has 1 aliphatic rings. The van der Waals surface area contributed by atoms with Gasteiger partial charge in [-0.05, 0) is 31.5 Å². The number of hydrogen-bond donors (Lipinski definition) is 0. The molecule has 0 aromatic heterocycles. The van der Waals surface area contributed by atoms with E-state index in [2.05, 4.69) is 4.90 Å². The van der Waals surface area contributed by atoms with Gasteiger partial charge in [-0.2, -0.15) is 0 Å². The molecule has 0 amide bonds. The molecule has 1 aromatic rings. The average Bonchev–Trinajstić information content (AvgIpc) is 2.31. The third-order valence-electron chi connectivity index (χ3n) is 3.22. The first-order chi connectivity index (χ1) is 8.95. The summed E-state index contributed by atoms with van der Waals surface area (Å²) in [6, 6.07) is 3.81.